The number of anilines is 2. The van der Waals surface area contributed by atoms with Gasteiger partial charge in [0.25, 0.3) is 5.91 Å². The molecule has 0 aliphatic heterocycles. The van der Waals surface area contributed by atoms with E-state index in [0.29, 0.717) is 11.3 Å². The minimum atomic E-state index is -0.377. The summed E-state index contributed by atoms with van der Waals surface area (Å²) in [4.78, 5) is 35.8. The third-order valence-corrected chi connectivity index (χ3v) is 4.18. The van der Waals surface area contributed by atoms with Crippen LogP contribution >= 0.6 is 0 Å². The summed E-state index contributed by atoms with van der Waals surface area (Å²) in [6, 6.07) is 10.6. The average Bonchev–Trinajstić information content (AvgIpc) is 2.58. The number of amides is 2. The van der Waals surface area contributed by atoms with E-state index >= 15 is 0 Å². The van der Waals surface area contributed by atoms with Crippen molar-refractivity contribution in [3.05, 3.63) is 70.3 Å². The minimum absolute atomic E-state index is 0.0395. The molecular weight excluding hydrogens is 340 g/mol. The molecule has 0 radical (unpaired) electrons. The summed E-state index contributed by atoms with van der Waals surface area (Å²) in [5.41, 5.74) is 5.25. The Morgan fingerprint density at radius 2 is 1.41 bits per heavy atom. The Bertz CT molecular complexity index is 902. The summed E-state index contributed by atoms with van der Waals surface area (Å²) in [6.45, 7) is 8.93. The molecule has 5 heteroatoms. The van der Waals surface area contributed by atoms with E-state index in [2.05, 4.69) is 10.6 Å². The van der Waals surface area contributed by atoms with Gasteiger partial charge in [0.1, 0.15) is 0 Å². The van der Waals surface area contributed by atoms with E-state index in [0.717, 1.165) is 22.4 Å². The van der Waals surface area contributed by atoms with Gasteiger partial charge in [-0.3, -0.25) is 14.4 Å². The molecule has 2 rings (SSSR count). The van der Waals surface area contributed by atoms with E-state index in [1.165, 1.54) is 13.0 Å². The van der Waals surface area contributed by atoms with Gasteiger partial charge in [-0.05, 0) is 70.0 Å². The molecule has 0 aliphatic rings. The van der Waals surface area contributed by atoms with E-state index in [4.69, 9.17) is 0 Å². The van der Waals surface area contributed by atoms with Crippen LogP contribution < -0.4 is 10.6 Å². The second-order valence-electron chi connectivity index (χ2n) is 6.68. The summed E-state index contributed by atoms with van der Waals surface area (Å²) < 4.78 is 0. The van der Waals surface area contributed by atoms with E-state index in [-0.39, 0.29) is 23.2 Å². The second kappa shape index (κ2) is 8.45. The molecule has 0 unspecified atom stereocenters. The Balaban J connectivity index is 2.06. The van der Waals surface area contributed by atoms with Crippen molar-refractivity contribution in [2.24, 2.45) is 0 Å². The predicted molar refractivity (Wildman–Crippen MR) is 108 cm³/mol. The van der Waals surface area contributed by atoms with Crippen molar-refractivity contribution in [1.82, 2.24) is 0 Å². The van der Waals surface area contributed by atoms with Crippen LogP contribution in [0.2, 0.25) is 0 Å². The highest BCUT2D eigenvalue weighted by Crippen LogP contribution is 2.22. The zero-order valence-electron chi connectivity index (χ0n) is 16.3. The number of carbonyl (C=O) groups is 3. The Morgan fingerprint density at radius 1 is 0.852 bits per heavy atom. The van der Waals surface area contributed by atoms with Gasteiger partial charge in [0.05, 0.1) is 0 Å². The summed E-state index contributed by atoms with van der Waals surface area (Å²) in [5.74, 6) is -0.773. The van der Waals surface area contributed by atoms with E-state index in [9.17, 15) is 14.4 Å². The number of ketones is 1. The molecule has 2 amide bonds. The number of hydrogen-bond acceptors (Lipinski definition) is 3. The lowest BCUT2D eigenvalue weighted by molar-refractivity contribution is -0.114. The summed E-state index contributed by atoms with van der Waals surface area (Å²) in [6.07, 6.45) is 1.28. The standard InChI is InChI=1S/C22H24N2O3/c1-13-10-14(2)21(15(3)11-13)24-20(26)12-16(4)22(27)23-19-8-6-18(7-9-19)17(5)25/h6-12H,1-5H3,(H,23,27)(H,24,26)/b16-12-. The molecule has 2 aromatic rings. The maximum Gasteiger partial charge on any atom is 0.251 e. The molecular formula is C22H24N2O3. The fraction of sp³-hybridized carbons (Fsp3) is 0.227. The number of hydrogen-bond donors (Lipinski definition) is 2. The van der Waals surface area contributed by atoms with Gasteiger partial charge in [-0.15, -0.1) is 0 Å². The molecule has 0 spiro atoms. The Kier molecular flexibility index (Phi) is 6.29. The number of Topliss-reactive ketones (excluding diaryl/α,β-unsaturated/α-hetero) is 1. The van der Waals surface area contributed by atoms with Crippen molar-refractivity contribution < 1.29 is 14.4 Å². The normalized spacial score (nSPS) is 11.1. The topological polar surface area (TPSA) is 75.3 Å². The van der Waals surface area contributed by atoms with E-state index in [1.807, 2.05) is 32.9 Å². The molecule has 0 aliphatic carbocycles. The SMILES string of the molecule is CC(=O)c1ccc(NC(=O)/C(C)=C\C(=O)Nc2c(C)cc(C)cc2C)cc1. The zero-order valence-corrected chi connectivity index (χ0v) is 16.3. The van der Waals surface area contributed by atoms with Gasteiger partial charge in [-0.1, -0.05) is 17.7 Å². The van der Waals surface area contributed by atoms with Crippen molar-refractivity contribution in [3.8, 4) is 0 Å². The Hall–Kier alpha value is -3.21. The van der Waals surface area contributed by atoms with Crippen LogP contribution in [0.3, 0.4) is 0 Å². The van der Waals surface area contributed by atoms with Gasteiger partial charge in [0.15, 0.2) is 5.78 Å². The number of rotatable bonds is 5. The molecule has 2 N–H and O–H groups in total. The molecule has 0 atom stereocenters. The highest BCUT2D eigenvalue weighted by atomic mass is 16.2. The number of benzene rings is 2. The highest BCUT2D eigenvalue weighted by Gasteiger charge is 2.10. The predicted octanol–water partition coefficient (Wildman–Crippen LogP) is 4.34. The fourth-order valence-electron chi connectivity index (χ4n) is 2.82. The average molecular weight is 364 g/mol. The lowest BCUT2D eigenvalue weighted by atomic mass is 10.1. The molecule has 2 aromatic carbocycles. The van der Waals surface area contributed by atoms with Crippen molar-refractivity contribution in [2.45, 2.75) is 34.6 Å². The van der Waals surface area contributed by atoms with Crippen LogP contribution in [0.25, 0.3) is 0 Å². The lowest BCUT2D eigenvalue weighted by Gasteiger charge is -2.12. The first-order valence-corrected chi connectivity index (χ1v) is 8.67. The Labute approximate surface area is 159 Å². The fourth-order valence-corrected chi connectivity index (χ4v) is 2.82. The van der Waals surface area contributed by atoms with Gasteiger partial charge in [0.2, 0.25) is 5.91 Å². The summed E-state index contributed by atoms with van der Waals surface area (Å²) >= 11 is 0. The monoisotopic (exact) mass is 364 g/mol. The van der Waals surface area contributed by atoms with Crippen LogP contribution in [0.5, 0.6) is 0 Å². The quantitative estimate of drug-likeness (QED) is 0.612. The molecule has 0 bridgehead atoms. The van der Waals surface area contributed by atoms with Gasteiger partial charge in [0, 0.05) is 28.6 Å². The van der Waals surface area contributed by atoms with Gasteiger partial charge >= 0.3 is 0 Å². The van der Waals surface area contributed by atoms with Crippen LogP contribution in [0, 0.1) is 20.8 Å². The minimum Gasteiger partial charge on any atom is -0.322 e. The van der Waals surface area contributed by atoms with Crippen LogP contribution in [-0.2, 0) is 9.59 Å². The van der Waals surface area contributed by atoms with Crippen molar-refractivity contribution in [3.63, 3.8) is 0 Å². The third-order valence-electron chi connectivity index (χ3n) is 4.18. The third kappa shape index (κ3) is 5.38. The summed E-state index contributed by atoms with van der Waals surface area (Å²) in [7, 11) is 0. The maximum atomic E-state index is 12.3. The van der Waals surface area contributed by atoms with Gasteiger partial charge in [-0.25, -0.2) is 0 Å². The second-order valence-corrected chi connectivity index (χ2v) is 6.68. The van der Waals surface area contributed by atoms with E-state index in [1.54, 1.807) is 31.2 Å². The number of carbonyl (C=O) groups excluding carboxylic acids is 3. The first-order chi connectivity index (χ1) is 12.7. The van der Waals surface area contributed by atoms with Gasteiger partial charge in [-0.2, -0.15) is 0 Å². The van der Waals surface area contributed by atoms with Crippen molar-refractivity contribution in [2.75, 3.05) is 10.6 Å². The molecule has 27 heavy (non-hydrogen) atoms. The first-order valence-electron chi connectivity index (χ1n) is 8.67. The van der Waals surface area contributed by atoms with Crippen LogP contribution in [0.15, 0.2) is 48.0 Å². The highest BCUT2D eigenvalue weighted by molar-refractivity contribution is 6.10. The summed E-state index contributed by atoms with van der Waals surface area (Å²) in [5, 5.41) is 5.55. The largest absolute Gasteiger partial charge is 0.322 e. The molecule has 5 nitrogen and oxygen atoms in total. The maximum absolute atomic E-state index is 12.3. The molecule has 0 saturated carbocycles. The first kappa shape index (κ1) is 20.1. The van der Waals surface area contributed by atoms with Crippen molar-refractivity contribution >= 4 is 29.0 Å². The number of nitrogens with one attached hydrogen (secondary N) is 2. The van der Waals surface area contributed by atoms with Crippen LogP contribution in [0.1, 0.15) is 40.9 Å². The molecule has 140 valence electrons. The zero-order chi connectivity index (χ0) is 20.1. The molecule has 0 aromatic heterocycles. The lowest BCUT2D eigenvalue weighted by Crippen LogP contribution is -2.17. The van der Waals surface area contributed by atoms with Crippen molar-refractivity contribution in [1.29, 1.82) is 0 Å². The van der Waals surface area contributed by atoms with Gasteiger partial charge < -0.3 is 10.6 Å². The Morgan fingerprint density at radius 3 is 1.93 bits per heavy atom. The molecule has 0 saturated heterocycles. The smallest absolute Gasteiger partial charge is 0.251 e. The molecule has 0 fully saturated rings. The van der Waals surface area contributed by atoms with Crippen LogP contribution in [-0.4, -0.2) is 17.6 Å². The van der Waals surface area contributed by atoms with Crippen LogP contribution in [0.4, 0.5) is 11.4 Å². The van der Waals surface area contributed by atoms with E-state index < -0.39 is 0 Å². The molecule has 0 heterocycles. The number of aryl methyl sites for hydroxylation is 3.